The van der Waals surface area contributed by atoms with E-state index in [9.17, 15) is 14.3 Å². The Balaban J connectivity index is 2.14. The molecule has 1 aliphatic rings. The van der Waals surface area contributed by atoms with Crippen LogP contribution >= 0.6 is 11.6 Å². The molecule has 0 spiro atoms. The van der Waals surface area contributed by atoms with Gasteiger partial charge in [0.25, 0.3) is 5.91 Å². The van der Waals surface area contributed by atoms with Crippen LogP contribution in [0, 0.1) is 5.82 Å². The van der Waals surface area contributed by atoms with E-state index in [4.69, 9.17) is 11.6 Å². The monoisotopic (exact) mass is 257 g/mol. The van der Waals surface area contributed by atoms with Crippen LogP contribution in [0.25, 0.3) is 0 Å². The highest BCUT2D eigenvalue weighted by Crippen LogP contribution is 2.23. The zero-order valence-electron chi connectivity index (χ0n) is 9.20. The van der Waals surface area contributed by atoms with Gasteiger partial charge in [-0.1, -0.05) is 0 Å². The van der Waals surface area contributed by atoms with E-state index in [0.29, 0.717) is 13.1 Å². The maximum atomic E-state index is 12.8. The van der Waals surface area contributed by atoms with Crippen LogP contribution in [0.1, 0.15) is 23.2 Å². The van der Waals surface area contributed by atoms with Crippen LogP contribution in [0.5, 0.6) is 5.75 Å². The molecule has 1 aromatic carbocycles. The minimum absolute atomic E-state index is 0.112. The van der Waals surface area contributed by atoms with Gasteiger partial charge in [-0.3, -0.25) is 4.79 Å². The van der Waals surface area contributed by atoms with Crippen LogP contribution in [0.2, 0.25) is 0 Å². The van der Waals surface area contributed by atoms with Gasteiger partial charge < -0.3 is 10.0 Å². The predicted molar refractivity (Wildman–Crippen MR) is 62.8 cm³/mol. The van der Waals surface area contributed by atoms with Gasteiger partial charge in [-0.05, 0) is 25.0 Å². The second kappa shape index (κ2) is 4.92. The number of nitrogens with zero attached hydrogens (tertiary/aromatic N) is 1. The Bertz CT molecular complexity index is 431. The Labute approximate surface area is 104 Å². The lowest BCUT2D eigenvalue weighted by Crippen LogP contribution is -2.38. The number of carbonyl (C=O) groups excluding carboxylic acids is 1. The molecule has 0 bridgehead atoms. The number of rotatable bonds is 1. The summed E-state index contributed by atoms with van der Waals surface area (Å²) in [5, 5.41) is 9.64. The van der Waals surface area contributed by atoms with Crippen LogP contribution < -0.4 is 0 Å². The summed E-state index contributed by atoms with van der Waals surface area (Å²) in [6.45, 7) is 1.15. The standard InChI is InChI=1S/C12H13ClFNO2/c13-8-3-5-15(6-4-8)12(17)10-2-1-9(14)7-11(10)16/h1-2,7-8,16H,3-6H2. The number of phenols is 1. The second-order valence-electron chi connectivity index (χ2n) is 4.13. The third kappa shape index (κ3) is 2.69. The minimum atomic E-state index is -0.557. The highest BCUT2D eigenvalue weighted by Gasteiger charge is 2.24. The molecular formula is C12H13ClFNO2. The van der Waals surface area contributed by atoms with Gasteiger partial charge in [-0.15, -0.1) is 11.6 Å². The first-order chi connectivity index (χ1) is 8.08. The predicted octanol–water partition coefficient (Wildman–Crippen LogP) is 2.37. The molecular weight excluding hydrogens is 245 g/mol. The maximum Gasteiger partial charge on any atom is 0.257 e. The van der Waals surface area contributed by atoms with Crippen molar-refractivity contribution in [3.63, 3.8) is 0 Å². The molecule has 0 aromatic heterocycles. The number of hydrogen-bond acceptors (Lipinski definition) is 2. The summed E-state index contributed by atoms with van der Waals surface area (Å²) in [5.41, 5.74) is 0.138. The van der Waals surface area contributed by atoms with Crippen LogP contribution in [0.15, 0.2) is 18.2 Å². The van der Waals surface area contributed by atoms with E-state index in [1.807, 2.05) is 0 Å². The molecule has 0 saturated carbocycles. The van der Waals surface area contributed by atoms with E-state index in [0.717, 1.165) is 18.9 Å². The van der Waals surface area contributed by atoms with Crippen molar-refractivity contribution in [2.45, 2.75) is 18.2 Å². The Hall–Kier alpha value is -1.29. The zero-order chi connectivity index (χ0) is 12.4. The number of likely N-dealkylation sites (tertiary alicyclic amines) is 1. The molecule has 1 aliphatic heterocycles. The number of alkyl halides is 1. The first kappa shape index (κ1) is 12.2. The molecule has 1 N–H and O–H groups in total. The molecule has 5 heteroatoms. The summed E-state index contributed by atoms with van der Waals surface area (Å²) >= 11 is 5.95. The fourth-order valence-electron chi connectivity index (χ4n) is 1.91. The molecule has 1 saturated heterocycles. The molecule has 1 aromatic rings. The number of piperidine rings is 1. The molecule has 1 amide bonds. The summed E-state index contributed by atoms with van der Waals surface area (Å²) in [6, 6.07) is 3.42. The van der Waals surface area contributed by atoms with Crippen molar-refractivity contribution in [1.82, 2.24) is 4.90 Å². The van der Waals surface area contributed by atoms with Gasteiger partial charge in [0.15, 0.2) is 0 Å². The van der Waals surface area contributed by atoms with E-state index >= 15 is 0 Å². The van der Waals surface area contributed by atoms with Crippen LogP contribution in [0.3, 0.4) is 0 Å². The summed E-state index contributed by atoms with van der Waals surface area (Å²) in [4.78, 5) is 13.7. The smallest absolute Gasteiger partial charge is 0.257 e. The molecule has 1 fully saturated rings. The molecule has 0 atom stereocenters. The first-order valence-electron chi connectivity index (χ1n) is 5.50. The van der Waals surface area contributed by atoms with Crippen molar-refractivity contribution in [2.75, 3.05) is 13.1 Å². The molecule has 0 radical (unpaired) electrons. The van der Waals surface area contributed by atoms with Gasteiger partial charge in [0, 0.05) is 24.5 Å². The lowest BCUT2D eigenvalue weighted by molar-refractivity contribution is 0.0723. The molecule has 1 heterocycles. The molecule has 2 rings (SSSR count). The quantitative estimate of drug-likeness (QED) is 0.785. The van der Waals surface area contributed by atoms with Crippen LogP contribution in [-0.4, -0.2) is 34.4 Å². The van der Waals surface area contributed by atoms with E-state index in [2.05, 4.69) is 0 Å². The van der Waals surface area contributed by atoms with Gasteiger partial charge in [-0.25, -0.2) is 4.39 Å². The highest BCUT2D eigenvalue weighted by atomic mass is 35.5. The van der Waals surface area contributed by atoms with E-state index in [-0.39, 0.29) is 22.6 Å². The topological polar surface area (TPSA) is 40.5 Å². The fourth-order valence-corrected chi connectivity index (χ4v) is 2.10. The Morgan fingerprint density at radius 2 is 2.06 bits per heavy atom. The van der Waals surface area contributed by atoms with Crippen LogP contribution in [-0.2, 0) is 0 Å². The van der Waals surface area contributed by atoms with Crippen molar-refractivity contribution in [3.8, 4) is 5.75 Å². The van der Waals surface area contributed by atoms with Gasteiger partial charge in [0.1, 0.15) is 11.6 Å². The van der Waals surface area contributed by atoms with Gasteiger partial charge in [0.05, 0.1) is 5.56 Å². The van der Waals surface area contributed by atoms with E-state index in [1.165, 1.54) is 12.1 Å². The Morgan fingerprint density at radius 3 is 2.65 bits per heavy atom. The molecule has 92 valence electrons. The Morgan fingerprint density at radius 1 is 1.41 bits per heavy atom. The molecule has 0 unspecified atom stereocenters. The average molecular weight is 258 g/mol. The van der Waals surface area contributed by atoms with Crippen LogP contribution in [0.4, 0.5) is 4.39 Å². The summed E-state index contributed by atoms with van der Waals surface area (Å²) < 4.78 is 12.8. The normalized spacial score (nSPS) is 17.2. The fraction of sp³-hybridized carbons (Fsp3) is 0.417. The summed E-state index contributed by atoms with van der Waals surface area (Å²) in [6.07, 6.45) is 1.49. The number of amides is 1. The lowest BCUT2D eigenvalue weighted by Gasteiger charge is -2.29. The minimum Gasteiger partial charge on any atom is -0.507 e. The number of phenolic OH excluding ortho intramolecular Hbond substituents is 1. The maximum absolute atomic E-state index is 12.8. The lowest BCUT2D eigenvalue weighted by atomic mass is 10.1. The van der Waals surface area contributed by atoms with Crippen molar-refractivity contribution < 1.29 is 14.3 Å². The number of hydrogen-bond donors (Lipinski definition) is 1. The van der Waals surface area contributed by atoms with Crippen molar-refractivity contribution in [3.05, 3.63) is 29.6 Å². The largest absolute Gasteiger partial charge is 0.507 e. The number of carbonyl (C=O) groups is 1. The number of halogens is 2. The van der Waals surface area contributed by atoms with Crippen molar-refractivity contribution in [1.29, 1.82) is 0 Å². The van der Waals surface area contributed by atoms with Gasteiger partial charge >= 0.3 is 0 Å². The van der Waals surface area contributed by atoms with Gasteiger partial charge in [0.2, 0.25) is 0 Å². The average Bonchev–Trinajstić information content (AvgIpc) is 2.29. The van der Waals surface area contributed by atoms with E-state index in [1.54, 1.807) is 4.90 Å². The summed E-state index contributed by atoms with van der Waals surface area (Å²) in [7, 11) is 0. The second-order valence-corrected chi connectivity index (χ2v) is 4.75. The first-order valence-corrected chi connectivity index (χ1v) is 5.93. The number of benzene rings is 1. The SMILES string of the molecule is O=C(c1ccc(F)cc1O)N1CCC(Cl)CC1. The Kier molecular flexibility index (Phi) is 3.52. The van der Waals surface area contributed by atoms with E-state index < -0.39 is 5.82 Å². The molecule has 3 nitrogen and oxygen atoms in total. The third-order valence-electron chi connectivity index (χ3n) is 2.90. The third-order valence-corrected chi connectivity index (χ3v) is 3.34. The van der Waals surface area contributed by atoms with Crippen molar-refractivity contribution in [2.24, 2.45) is 0 Å². The molecule has 0 aliphatic carbocycles. The molecule has 17 heavy (non-hydrogen) atoms. The van der Waals surface area contributed by atoms with Gasteiger partial charge in [-0.2, -0.15) is 0 Å². The highest BCUT2D eigenvalue weighted by molar-refractivity contribution is 6.20. The summed E-state index contributed by atoms with van der Waals surface area (Å²) in [5.74, 6) is -1.15. The number of aromatic hydroxyl groups is 1. The van der Waals surface area contributed by atoms with Crippen molar-refractivity contribution >= 4 is 17.5 Å². The zero-order valence-corrected chi connectivity index (χ0v) is 9.95.